The molecule has 0 amide bonds. The molecule has 0 bridgehead atoms. The molecule has 4 heteroatoms. The van der Waals surface area contributed by atoms with E-state index in [1.165, 1.54) is 22.6 Å². The van der Waals surface area contributed by atoms with E-state index in [9.17, 15) is 5.11 Å². The summed E-state index contributed by atoms with van der Waals surface area (Å²) in [5.74, 6) is 0.625. The SMILES string of the molecule is OC1CCCC(CNC(Cc2cccs2)c2cccs2)C1. The molecule has 0 spiro atoms. The number of aliphatic hydroxyl groups is 1. The zero-order valence-electron chi connectivity index (χ0n) is 12.2. The van der Waals surface area contributed by atoms with Crippen molar-refractivity contribution in [2.24, 2.45) is 5.92 Å². The number of hydrogen-bond acceptors (Lipinski definition) is 4. The van der Waals surface area contributed by atoms with Crippen LogP contribution >= 0.6 is 22.7 Å². The van der Waals surface area contributed by atoms with Gasteiger partial charge in [-0.3, -0.25) is 0 Å². The molecule has 0 radical (unpaired) electrons. The molecule has 1 aliphatic carbocycles. The van der Waals surface area contributed by atoms with Crippen LogP contribution in [-0.4, -0.2) is 17.8 Å². The van der Waals surface area contributed by atoms with Crippen molar-refractivity contribution in [1.82, 2.24) is 5.32 Å². The first kappa shape index (κ1) is 15.2. The number of aliphatic hydroxyl groups excluding tert-OH is 1. The molecule has 2 heterocycles. The number of rotatable bonds is 6. The van der Waals surface area contributed by atoms with Crippen molar-refractivity contribution in [3.05, 3.63) is 44.8 Å². The highest BCUT2D eigenvalue weighted by atomic mass is 32.1. The Labute approximate surface area is 134 Å². The fraction of sp³-hybridized carbons (Fsp3) is 0.529. The standard InChI is InChI=1S/C17H23NOS2/c19-14-5-1-4-13(10-14)12-18-16(17-7-3-9-21-17)11-15-6-2-8-20-15/h2-3,6-9,13-14,16,18-19H,1,4-5,10-12H2. The zero-order valence-corrected chi connectivity index (χ0v) is 13.8. The van der Waals surface area contributed by atoms with E-state index in [0.29, 0.717) is 12.0 Å². The molecule has 2 N–H and O–H groups in total. The maximum absolute atomic E-state index is 9.81. The Balaban J connectivity index is 1.59. The van der Waals surface area contributed by atoms with Gasteiger partial charge in [0.05, 0.1) is 6.10 Å². The predicted octanol–water partition coefficient (Wildman–Crippen LogP) is 4.23. The molecule has 0 aromatic carbocycles. The fourth-order valence-electron chi connectivity index (χ4n) is 3.15. The maximum atomic E-state index is 9.81. The monoisotopic (exact) mass is 321 g/mol. The van der Waals surface area contributed by atoms with Crippen LogP contribution in [0.15, 0.2) is 35.0 Å². The molecular weight excluding hydrogens is 298 g/mol. The van der Waals surface area contributed by atoms with Crippen LogP contribution in [0.4, 0.5) is 0 Å². The van der Waals surface area contributed by atoms with Gasteiger partial charge in [0.25, 0.3) is 0 Å². The lowest BCUT2D eigenvalue weighted by Gasteiger charge is -2.28. The highest BCUT2D eigenvalue weighted by Gasteiger charge is 2.22. The summed E-state index contributed by atoms with van der Waals surface area (Å²) in [7, 11) is 0. The van der Waals surface area contributed by atoms with Crippen LogP contribution in [0.5, 0.6) is 0 Å². The van der Waals surface area contributed by atoms with Gasteiger partial charge in [-0.25, -0.2) is 0 Å². The molecule has 2 nitrogen and oxygen atoms in total. The van der Waals surface area contributed by atoms with Gasteiger partial charge in [0.2, 0.25) is 0 Å². The van der Waals surface area contributed by atoms with Gasteiger partial charge in [0, 0.05) is 22.2 Å². The molecule has 21 heavy (non-hydrogen) atoms. The summed E-state index contributed by atoms with van der Waals surface area (Å²) in [6.07, 6.45) is 5.35. The second-order valence-corrected chi connectivity index (χ2v) is 7.96. The third-order valence-electron chi connectivity index (χ3n) is 4.28. The molecule has 1 aliphatic rings. The molecule has 1 saturated carbocycles. The van der Waals surface area contributed by atoms with Crippen molar-refractivity contribution in [2.45, 2.75) is 44.2 Å². The molecule has 0 aliphatic heterocycles. The second kappa shape index (κ2) is 7.54. The predicted molar refractivity (Wildman–Crippen MR) is 91.1 cm³/mol. The third kappa shape index (κ3) is 4.39. The zero-order chi connectivity index (χ0) is 14.5. The highest BCUT2D eigenvalue weighted by molar-refractivity contribution is 7.10. The Hall–Kier alpha value is -0.680. The Morgan fingerprint density at radius 2 is 2.05 bits per heavy atom. The molecule has 3 atom stereocenters. The number of hydrogen-bond donors (Lipinski definition) is 2. The summed E-state index contributed by atoms with van der Waals surface area (Å²) in [6, 6.07) is 9.11. The van der Waals surface area contributed by atoms with Gasteiger partial charge in [-0.05, 0) is 54.6 Å². The summed E-state index contributed by atoms with van der Waals surface area (Å²) in [5.41, 5.74) is 0. The van der Waals surface area contributed by atoms with Gasteiger partial charge in [0.15, 0.2) is 0 Å². The summed E-state index contributed by atoms with van der Waals surface area (Å²) in [4.78, 5) is 2.85. The van der Waals surface area contributed by atoms with Crippen LogP contribution in [0.1, 0.15) is 41.5 Å². The minimum Gasteiger partial charge on any atom is -0.393 e. The lowest BCUT2D eigenvalue weighted by molar-refractivity contribution is 0.0996. The van der Waals surface area contributed by atoms with Gasteiger partial charge >= 0.3 is 0 Å². The van der Waals surface area contributed by atoms with E-state index < -0.39 is 0 Å². The topological polar surface area (TPSA) is 32.3 Å². The minimum absolute atomic E-state index is 0.0805. The van der Waals surface area contributed by atoms with Gasteiger partial charge in [-0.2, -0.15) is 0 Å². The van der Waals surface area contributed by atoms with E-state index in [-0.39, 0.29) is 6.10 Å². The number of thiophene rings is 2. The van der Waals surface area contributed by atoms with Crippen LogP contribution in [0.25, 0.3) is 0 Å². The second-order valence-electron chi connectivity index (χ2n) is 5.95. The summed E-state index contributed by atoms with van der Waals surface area (Å²) in [5, 5.41) is 17.9. The Kier molecular flexibility index (Phi) is 5.47. The molecule has 0 saturated heterocycles. The largest absolute Gasteiger partial charge is 0.393 e. The summed E-state index contributed by atoms with van der Waals surface area (Å²) in [6.45, 7) is 1.02. The Bertz CT molecular complexity index is 509. The van der Waals surface area contributed by atoms with Crippen LogP contribution in [0.2, 0.25) is 0 Å². The third-order valence-corrected chi connectivity index (χ3v) is 6.16. The van der Waals surface area contributed by atoms with E-state index in [1.807, 2.05) is 22.7 Å². The van der Waals surface area contributed by atoms with Gasteiger partial charge in [-0.1, -0.05) is 18.6 Å². The van der Waals surface area contributed by atoms with E-state index >= 15 is 0 Å². The van der Waals surface area contributed by atoms with Gasteiger partial charge in [0.1, 0.15) is 0 Å². The first-order valence-corrected chi connectivity index (χ1v) is 9.54. The summed E-state index contributed by atoms with van der Waals surface area (Å²) >= 11 is 3.67. The number of nitrogens with one attached hydrogen (secondary N) is 1. The first-order chi connectivity index (χ1) is 10.3. The van der Waals surface area contributed by atoms with Crippen molar-refractivity contribution < 1.29 is 5.11 Å². The molecule has 2 aromatic heterocycles. The first-order valence-electron chi connectivity index (χ1n) is 7.78. The van der Waals surface area contributed by atoms with Gasteiger partial charge in [-0.15, -0.1) is 22.7 Å². The Morgan fingerprint density at radius 1 is 1.19 bits per heavy atom. The fourth-order valence-corrected chi connectivity index (χ4v) is 4.70. The lowest BCUT2D eigenvalue weighted by Crippen LogP contribution is -2.32. The normalized spacial score (nSPS) is 24.0. The van der Waals surface area contributed by atoms with E-state index in [4.69, 9.17) is 0 Å². The van der Waals surface area contributed by atoms with Crippen LogP contribution in [0, 0.1) is 5.92 Å². The molecule has 3 rings (SSSR count). The van der Waals surface area contributed by atoms with Crippen LogP contribution in [0.3, 0.4) is 0 Å². The van der Waals surface area contributed by atoms with Gasteiger partial charge < -0.3 is 10.4 Å². The van der Waals surface area contributed by atoms with Crippen LogP contribution < -0.4 is 5.32 Å². The van der Waals surface area contributed by atoms with E-state index in [0.717, 1.165) is 25.8 Å². The molecule has 1 fully saturated rings. The quantitative estimate of drug-likeness (QED) is 0.834. The molecular formula is C17H23NOS2. The smallest absolute Gasteiger partial charge is 0.0543 e. The molecule has 3 unspecified atom stereocenters. The average molecular weight is 322 g/mol. The molecule has 114 valence electrons. The van der Waals surface area contributed by atoms with Crippen molar-refractivity contribution in [1.29, 1.82) is 0 Å². The maximum Gasteiger partial charge on any atom is 0.0543 e. The molecule has 2 aromatic rings. The minimum atomic E-state index is -0.0805. The van der Waals surface area contributed by atoms with Crippen molar-refractivity contribution >= 4 is 22.7 Å². The lowest BCUT2D eigenvalue weighted by atomic mass is 9.87. The highest BCUT2D eigenvalue weighted by Crippen LogP contribution is 2.27. The van der Waals surface area contributed by atoms with Crippen molar-refractivity contribution in [2.75, 3.05) is 6.54 Å². The van der Waals surface area contributed by atoms with E-state index in [1.54, 1.807) is 0 Å². The van der Waals surface area contributed by atoms with Crippen molar-refractivity contribution in [3.8, 4) is 0 Å². The van der Waals surface area contributed by atoms with Crippen LogP contribution in [-0.2, 0) is 6.42 Å². The van der Waals surface area contributed by atoms with Crippen molar-refractivity contribution in [3.63, 3.8) is 0 Å². The summed E-state index contributed by atoms with van der Waals surface area (Å²) < 4.78 is 0. The Morgan fingerprint density at radius 3 is 2.76 bits per heavy atom. The van der Waals surface area contributed by atoms with E-state index in [2.05, 4.69) is 40.3 Å². The average Bonchev–Trinajstić information content (AvgIpc) is 3.16.